The van der Waals surface area contributed by atoms with E-state index in [1.54, 1.807) is 47.4 Å². The molecule has 6 heteroatoms. The van der Waals surface area contributed by atoms with Crippen LogP contribution in [0.25, 0.3) is 0 Å². The summed E-state index contributed by atoms with van der Waals surface area (Å²) in [4.78, 5) is 14.9. The zero-order chi connectivity index (χ0) is 20.6. The molecule has 4 rings (SSSR count). The second-order valence-electron chi connectivity index (χ2n) is 7.36. The van der Waals surface area contributed by atoms with Gasteiger partial charge >= 0.3 is 0 Å². The smallest absolute Gasteiger partial charge is 0.261 e. The lowest BCUT2D eigenvalue weighted by Crippen LogP contribution is -2.35. The largest absolute Gasteiger partial charge is 0.305 e. The molecule has 1 heterocycles. The number of hydrogen-bond acceptors (Lipinski definition) is 3. The third-order valence-corrected chi connectivity index (χ3v) is 6.47. The van der Waals surface area contributed by atoms with Gasteiger partial charge in [-0.2, -0.15) is 0 Å². The number of fused-ring (bicyclic) bond motifs is 1. The molecule has 1 amide bonds. The molecule has 0 spiro atoms. The van der Waals surface area contributed by atoms with Gasteiger partial charge in [-0.1, -0.05) is 30.3 Å². The van der Waals surface area contributed by atoms with Crippen LogP contribution in [-0.4, -0.2) is 20.4 Å². The second kappa shape index (κ2) is 7.37. The first-order chi connectivity index (χ1) is 13.8. The normalized spacial score (nSPS) is 15.8. The van der Waals surface area contributed by atoms with E-state index >= 15 is 0 Å². The average molecular weight is 407 g/mol. The van der Waals surface area contributed by atoms with Crippen molar-refractivity contribution in [3.05, 3.63) is 89.5 Å². The van der Waals surface area contributed by atoms with E-state index in [9.17, 15) is 13.2 Å². The maximum Gasteiger partial charge on any atom is 0.261 e. The molecular formula is C23H22N2O3S. The van der Waals surface area contributed by atoms with Crippen LogP contribution in [0.15, 0.2) is 77.7 Å². The van der Waals surface area contributed by atoms with Crippen molar-refractivity contribution in [3.8, 4) is 0 Å². The van der Waals surface area contributed by atoms with E-state index in [1.165, 1.54) is 0 Å². The molecule has 0 saturated heterocycles. The predicted molar refractivity (Wildman–Crippen MR) is 115 cm³/mol. The zero-order valence-electron chi connectivity index (χ0n) is 16.3. The van der Waals surface area contributed by atoms with Gasteiger partial charge in [-0.05, 0) is 73.9 Å². The highest BCUT2D eigenvalue weighted by Gasteiger charge is 2.32. The van der Waals surface area contributed by atoms with Gasteiger partial charge in [0.1, 0.15) is 0 Å². The molecule has 5 nitrogen and oxygen atoms in total. The summed E-state index contributed by atoms with van der Waals surface area (Å²) in [6.07, 6.45) is 0.613. The number of hydrogen-bond donors (Lipinski definition) is 1. The number of carbonyl (C=O) groups excluding carboxylic acids is 1. The lowest BCUT2D eigenvalue weighted by Gasteiger charge is -2.23. The summed E-state index contributed by atoms with van der Waals surface area (Å²) in [6.45, 7) is 3.88. The van der Waals surface area contributed by atoms with Crippen molar-refractivity contribution in [3.63, 3.8) is 0 Å². The van der Waals surface area contributed by atoms with Gasteiger partial charge in [0.25, 0.3) is 15.9 Å². The van der Waals surface area contributed by atoms with Crippen molar-refractivity contribution >= 4 is 27.3 Å². The van der Waals surface area contributed by atoms with Crippen LogP contribution in [0.5, 0.6) is 0 Å². The highest BCUT2D eigenvalue weighted by Crippen LogP contribution is 2.35. The molecule has 0 fully saturated rings. The van der Waals surface area contributed by atoms with E-state index in [4.69, 9.17) is 0 Å². The number of anilines is 2. The molecule has 3 aromatic carbocycles. The van der Waals surface area contributed by atoms with E-state index in [1.807, 2.05) is 44.2 Å². The molecule has 0 aromatic heterocycles. The van der Waals surface area contributed by atoms with Gasteiger partial charge in [0.2, 0.25) is 0 Å². The molecule has 1 N–H and O–H groups in total. The second-order valence-corrected chi connectivity index (χ2v) is 9.04. The maximum absolute atomic E-state index is 13.0. The van der Waals surface area contributed by atoms with Gasteiger partial charge in [-0.25, -0.2) is 8.42 Å². The summed E-state index contributed by atoms with van der Waals surface area (Å²) in [7, 11) is -3.71. The number of sulfonamides is 1. The molecule has 0 aliphatic carbocycles. The lowest BCUT2D eigenvalue weighted by molar-refractivity contribution is 0.0981. The Balaban J connectivity index is 1.64. The number of benzene rings is 3. The summed E-state index contributed by atoms with van der Waals surface area (Å²) < 4.78 is 28.3. The first-order valence-corrected chi connectivity index (χ1v) is 10.9. The number of aryl methyl sites for hydroxylation is 1. The highest BCUT2D eigenvalue weighted by molar-refractivity contribution is 7.92. The van der Waals surface area contributed by atoms with Gasteiger partial charge in [0, 0.05) is 23.0 Å². The Labute approximate surface area is 171 Å². The predicted octanol–water partition coefficient (Wildman–Crippen LogP) is 4.39. The highest BCUT2D eigenvalue weighted by atomic mass is 32.2. The first-order valence-electron chi connectivity index (χ1n) is 9.46. The Hall–Kier alpha value is -3.12. The minimum Gasteiger partial charge on any atom is -0.305 e. The SMILES string of the molecule is Cc1cccc(NS(=O)(=O)c2ccc3c(c2)C[C@H](C)N3C(=O)c2ccccc2)c1. The lowest BCUT2D eigenvalue weighted by atomic mass is 10.1. The van der Waals surface area contributed by atoms with Crippen molar-refractivity contribution in [2.45, 2.75) is 31.2 Å². The Kier molecular flexibility index (Phi) is 4.88. The molecular weight excluding hydrogens is 384 g/mol. The quantitative estimate of drug-likeness (QED) is 0.699. The van der Waals surface area contributed by atoms with Crippen molar-refractivity contribution in [2.75, 3.05) is 9.62 Å². The summed E-state index contributed by atoms with van der Waals surface area (Å²) in [6, 6.07) is 21.3. The van der Waals surface area contributed by atoms with Crippen LogP contribution in [0, 0.1) is 6.92 Å². The summed E-state index contributed by atoms with van der Waals surface area (Å²) in [5, 5.41) is 0. The number of carbonyl (C=O) groups is 1. The van der Waals surface area contributed by atoms with Crippen LogP contribution in [0.2, 0.25) is 0 Å². The summed E-state index contributed by atoms with van der Waals surface area (Å²) in [5.41, 5.74) is 3.74. The fourth-order valence-corrected chi connectivity index (χ4v) is 4.83. The molecule has 1 atom stereocenters. The molecule has 29 heavy (non-hydrogen) atoms. The minimum atomic E-state index is -3.71. The van der Waals surface area contributed by atoms with E-state index in [0.29, 0.717) is 17.7 Å². The van der Waals surface area contributed by atoms with Crippen molar-refractivity contribution < 1.29 is 13.2 Å². The molecule has 0 radical (unpaired) electrons. The van der Waals surface area contributed by atoms with Crippen LogP contribution in [0.4, 0.5) is 11.4 Å². The number of nitrogens with zero attached hydrogens (tertiary/aromatic N) is 1. The third-order valence-electron chi connectivity index (χ3n) is 5.09. The van der Waals surface area contributed by atoms with Crippen LogP contribution >= 0.6 is 0 Å². The number of nitrogens with one attached hydrogen (secondary N) is 1. The fourth-order valence-electron chi connectivity index (χ4n) is 3.73. The monoisotopic (exact) mass is 406 g/mol. The molecule has 0 saturated carbocycles. The van der Waals surface area contributed by atoms with Crippen molar-refractivity contribution in [1.82, 2.24) is 0 Å². The van der Waals surface area contributed by atoms with E-state index < -0.39 is 10.0 Å². The van der Waals surface area contributed by atoms with Gasteiger partial charge in [-0.15, -0.1) is 0 Å². The molecule has 1 aliphatic rings. The first kappa shape index (κ1) is 19.2. The molecule has 3 aromatic rings. The molecule has 0 unspecified atom stereocenters. The van der Waals surface area contributed by atoms with Crippen LogP contribution in [0.3, 0.4) is 0 Å². The number of rotatable bonds is 4. The Morgan fingerprint density at radius 1 is 1.00 bits per heavy atom. The third kappa shape index (κ3) is 3.76. The zero-order valence-corrected chi connectivity index (χ0v) is 17.1. The maximum atomic E-state index is 13.0. The van der Waals surface area contributed by atoms with Crippen LogP contribution in [-0.2, 0) is 16.4 Å². The van der Waals surface area contributed by atoms with Gasteiger partial charge < -0.3 is 4.90 Å². The minimum absolute atomic E-state index is 0.0413. The molecule has 148 valence electrons. The summed E-state index contributed by atoms with van der Waals surface area (Å²) in [5.74, 6) is -0.0784. The standard InChI is InChI=1S/C23H22N2O3S/c1-16-7-6-10-20(13-16)24-29(27,28)21-11-12-22-19(15-21)14-17(2)25(22)23(26)18-8-4-3-5-9-18/h3-13,15,17,24H,14H2,1-2H3/t17-/m0/s1. The van der Waals surface area contributed by atoms with E-state index in [2.05, 4.69) is 4.72 Å². The van der Waals surface area contributed by atoms with Gasteiger partial charge in [-0.3, -0.25) is 9.52 Å². The molecule has 1 aliphatic heterocycles. The summed E-state index contributed by atoms with van der Waals surface area (Å²) >= 11 is 0. The van der Waals surface area contributed by atoms with Crippen molar-refractivity contribution in [2.24, 2.45) is 0 Å². The van der Waals surface area contributed by atoms with Gasteiger partial charge in [0.05, 0.1) is 4.90 Å². The fraction of sp³-hybridized carbons (Fsp3) is 0.174. The van der Waals surface area contributed by atoms with Crippen molar-refractivity contribution in [1.29, 1.82) is 0 Å². The van der Waals surface area contributed by atoms with Crippen LogP contribution < -0.4 is 9.62 Å². The van der Waals surface area contributed by atoms with Crippen LogP contribution in [0.1, 0.15) is 28.4 Å². The molecule has 0 bridgehead atoms. The number of amides is 1. The Bertz CT molecular complexity index is 1170. The van der Waals surface area contributed by atoms with Gasteiger partial charge in [0.15, 0.2) is 0 Å². The van der Waals surface area contributed by atoms with E-state index in [-0.39, 0.29) is 16.8 Å². The Morgan fingerprint density at radius 2 is 1.76 bits per heavy atom. The Morgan fingerprint density at radius 3 is 2.48 bits per heavy atom. The van der Waals surface area contributed by atoms with E-state index in [0.717, 1.165) is 16.8 Å². The average Bonchev–Trinajstić information content (AvgIpc) is 3.02. The topological polar surface area (TPSA) is 66.5 Å².